The van der Waals surface area contributed by atoms with Crippen LogP contribution in [0.4, 0.5) is 0 Å². The molecule has 0 saturated heterocycles. The standard InChI is InChI=1S/C13H18ClNO2/c1-13(2,9-15-6-7-16)10-4-5-12(17-3)11(14)8-10/h4-5,7-8,15H,6,9H2,1-3H3. The van der Waals surface area contributed by atoms with Crippen molar-refractivity contribution < 1.29 is 9.53 Å². The van der Waals surface area contributed by atoms with Gasteiger partial charge in [-0.3, -0.25) is 0 Å². The number of halogens is 1. The molecule has 17 heavy (non-hydrogen) atoms. The first-order valence-electron chi connectivity index (χ1n) is 5.49. The largest absolute Gasteiger partial charge is 0.495 e. The van der Waals surface area contributed by atoms with E-state index in [1.807, 2.05) is 18.2 Å². The summed E-state index contributed by atoms with van der Waals surface area (Å²) >= 11 is 6.10. The van der Waals surface area contributed by atoms with Crippen molar-refractivity contribution in [1.29, 1.82) is 0 Å². The van der Waals surface area contributed by atoms with E-state index < -0.39 is 0 Å². The first-order chi connectivity index (χ1) is 8.01. The Bertz CT molecular complexity index is 391. The van der Waals surface area contributed by atoms with E-state index in [1.54, 1.807) is 7.11 Å². The molecule has 1 aromatic carbocycles. The highest BCUT2D eigenvalue weighted by molar-refractivity contribution is 6.32. The fourth-order valence-electron chi connectivity index (χ4n) is 1.63. The number of carbonyl (C=O) groups is 1. The van der Waals surface area contributed by atoms with Crippen LogP contribution in [0.2, 0.25) is 5.02 Å². The lowest BCUT2D eigenvalue weighted by Crippen LogP contribution is -2.33. The third-order valence-corrected chi connectivity index (χ3v) is 3.02. The Morgan fingerprint density at radius 1 is 1.47 bits per heavy atom. The van der Waals surface area contributed by atoms with Crippen LogP contribution < -0.4 is 10.1 Å². The minimum Gasteiger partial charge on any atom is -0.495 e. The Labute approximate surface area is 107 Å². The van der Waals surface area contributed by atoms with Crippen molar-refractivity contribution >= 4 is 17.9 Å². The van der Waals surface area contributed by atoms with Gasteiger partial charge in [-0.25, -0.2) is 0 Å². The zero-order chi connectivity index (χ0) is 12.9. The second kappa shape index (κ2) is 6.03. The zero-order valence-electron chi connectivity index (χ0n) is 10.4. The highest BCUT2D eigenvalue weighted by Gasteiger charge is 2.21. The molecule has 0 aliphatic carbocycles. The van der Waals surface area contributed by atoms with E-state index in [0.29, 0.717) is 23.9 Å². The molecule has 4 heteroatoms. The Balaban J connectivity index is 2.83. The topological polar surface area (TPSA) is 38.3 Å². The zero-order valence-corrected chi connectivity index (χ0v) is 11.2. The second-order valence-corrected chi connectivity index (χ2v) is 4.94. The van der Waals surface area contributed by atoms with E-state index in [0.717, 1.165) is 11.8 Å². The highest BCUT2D eigenvalue weighted by atomic mass is 35.5. The first-order valence-corrected chi connectivity index (χ1v) is 5.87. The summed E-state index contributed by atoms with van der Waals surface area (Å²) in [5.41, 5.74) is 1.03. The van der Waals surface area contributed by atoms with Crippen LogP contribution in [-0.4, -0.2) is 26.5 Å². The predicted molar refractivity (Wildman–Crippen MR) is 70.0 cm³/mol. The van der Waals surface area contributed by atoms with E-state index >= 15 is 0 Å². The molecule has 1 N–H and O–H groups in total. The minimum absolute atomic E-state index is 0.0844. The van der Waals surface area contributed by atoms with Crippen LogP contribution >= 0.6 is 11.6 Å². The summed E-state index contributed by atoms with van der Waals surface area (Å²) in [6, 6.07) is 5.76. The number of methoxy groups -OCH3 is 1. The molecule has 0 aliphatic heterocycles. The fraction of sp³-hybridized carbons (Fsp3) is 0.462. The summed E-state index contributed by atoms with van der Waals surface area (Å²) in [6.45, 7) is 5.29. The molecular weight excluding hydrogens is 238 g/mol. The molecule has 0 spiro atoms. The van der Waals surface area contributed by atoms with Crippen LogP contribution in [0.15, 0.2) is 18.2 Å². The lowest BCUT2D eigenvalue weighted by Gasteiger charge is -2.26. The van der Waals surface area contributed by atoms with E-state index in [-0.39, 0.29) is 5.41 Å². The number of ether oxygens (including phenoxy) is 1. The van der Waals surface area contributed by atoms with Gasteiger partial charge in [0.25, 0.3) is 0 Å². The quantitative estimate of drug-likeness (QED) is 0.627. The average molecular weight is 256 g/mol. The van der Waals surface area contributed by atoms with Crippen LogP contribution in [0.3, 0.4) is 0 Å². The molecule has 0 unspecified atom stereocenters. The third kappa shape index (κ3) is 3.72. The van der Waals surface area contributed by atoms with Crippen molar-refractivity contribution in [3.8, 4) is 5.75 Å². The second-order valence-electron chi connectivity index (χ2n) is 4.53. The molecule has 94 valence electrons. The summed E-state index contributed by atoms with van der Waals surface area (Å²) in [6.07, 6.45) is 0.858. The Hall–Kier alpha value is -1.06. The molecule has 0 aliphatic rings. The molecule has 0 fully saturated rings. The number of aldehydes is 1. The third-order valence-electron chi connectivity index (χ3n) is 2.73. The van der Waals surface area contributed by atoms with Gasteiger partial charge in [-0.1, -0.05) is 31.5 Å². The molecule has 0 bridgehead atoms. The van der Waals surface area contributed by atoms with Gasteiger partial charge in [-0.05, 0) is 17.7 Å². The van der Waals surface area contributed by atoms with Crippen molar-refractivity contribution in [3.63, 3.8) is 0 Å². The highest BCUT2D eigenvalue weighted by Crippen LogP contribution is 2.30. The van der Waals surface area contributed by atoms with Crippen LogP contribution in [0.1, 0.15) is 19.4 Å². The maximum Gasteiger partial charge on any atom is 0.137 e. The lowest BCUT2D eigenvalue weighted by molar-refractivity contribution is -0.107. The molecule has 1 aromatic rings. The summed E-state index contributed by atoms with van der Waals surface area (Å²) in [7, 11) is 1.59. The van der Waals surface area contributed by atoms with Gasteiger partial charge in [0, 0.05) is 12.0 Å². The summed E-state index contributed by atoms with van der Waals surface area (Å²) in [4.78, 5) is 10.3. The van der Waals surface area contributed by atoms with E-state index in [9.17, 15) is 4.79 Å². The van der Waals surface area contributed by atoms with Crippen LogP contribution in [0, 0.1) is 0 Å². The molecule has 3 nitrogen and oxygen atoms in total. The average Bonchev–Trinajstić information content (AvgIpc) is 2.29. The Morgan fingerprint density at radius 2 is 2.18 bits per heavy atom. The van der Waals surface area contributed by atoms with E-state index in [1.165, 1.54) is 0 Å². The van der Waals surface area contributed by atoms with Gasteiger partial charge in [-0.2, -0.15) is 0 Å². The van der Waals surface area contributed by atoms with Crippen molar-refractivity contribution in [2.45, 2.75) is 19.3 Å². The van der Waals surface area contributed by atoms with Crippen LogP contribution in [0.5, 0.6) is 5.75 Å². The smallest absolute Gasteiger partial charge is 0.137 e. The number of rotatable bonds is 6. The Kier molecular flexibility index (Phi) is 4.97. The van der Waals surface area contributed by atoms with Crippen molar-refractivity contribution in [2.24, 2.45) is 0 Å². The first kappa shape index (κ1) is 14.0. The molecule has 0 atom stereocenters. The Morgan fingerprint density at radius 3 is 2.71 bits per heavy atom. The molecule has 0 radical (unpaired) electrons. The maximum absolute atomic E-state index is 10.3. The number of hydrogen-bond acceptors (Lipinski definition) is 3. The molecule has 0 aromatic heterocycles. The van der Waals surface area contributed by atoms with Crippen molar-refractivity contribution in [2.75, 3.05) is 20.2 Å². The van der Waals surface area contributed by atoms with Crippen LogP contribution in [0.25, 0.3) is 0 Å². The van der Waals surface area contributed by atoms with Gasteiger partial charge in [-0.15, -0.1) is 0 Å². The molecular formula is C13H18ClNO2. The van der Waals surface area contributed by atoms with E-state index in [2.05, 4.69) is 19.2 Å². The fourth-order valence-corrected chi connectivity index (χ4v) is 1.89. The summed E-state index contributed by atoms with van der Waals surface area (Å²) in [5, 5.41) is 3.68. The molecule has 1 rings (SSSR count). The summed E-state index contributed by atoms with van der Waals surface area (Å²) in [5.74, 6) is 0.673. The monoisotopic (exact) mass is 255 g/mol. The number of benzene rings is 1. The number of nitrogens with one attached hydrogen (secondary N) is 1. The molecule has 0 amide bonds. The van der Waals surface area contributed by atoms with E-state index in [4.69, 9.17) is 16.3 Å². The van der Waals surface area contributed by atoms with Gasteiger partial charge in [0.05, 0.1) is 18.7 Å². The molecule has 0 saturated carbocycles. The van der Waals surface area contributed by atoms with Crippen molar-refractivity contribution in [3.05, 3.63) is 28.8 Å². The predicted octanol–water partition coefficient (Wildman–Crippen LogP) is 2.41. The van der Waals surface area contributed by atoms with Crippen molar-refractivity contribution in [1.82, 2.24) is 5.32 Å². The van der Waals surface area contributed by atoms with Gasteiger partial charge < -0.3 is 14.8 Å². The number of carbonyl (C=O) groups excluding carboxylic acids is 1. The summed E-state index contributed by atoms with van der Waals surface area (Å²) < 4.78 is 5.12. The minimum atomic E-state index is -0.0844. The van der Waals surface area contributed by atoms with Crippen LogP contribution in [-0.2, 0) is 10.2 Å². The van der Waals surface area contributed by atoms with Gasteiger partial charge in [0.1, 0.15) is 12.0 Å². The lowest BCUT2D eigenvalue weighted by atomic mass is 9.84. The maximum atomic E-state index is 10.3. The van der Waals surface area contributed by atoms with Gasteiger partial charge in [0.15, 0.2) is 0 Å². The molecule has 0 heterocycles. The number of hydrogen-bond donors (Lipinski definition) is 1. The normalized spacial score (nSPS) is 11.3. The van der Waals surface area contributed by atoms with Gasteiger partial charge in [0.2, 0.25) is 0 Å². The van der Waals surface area contributed by atoms with Gasteiger partial charge >= 0.3 is 0 Å². The SMILES string of the molecule is COc1ccc(C(C)(C)CNCC=O)cc1Cl.